The van der Waals surface area contributed by atoms with Crippen molar-refractivity contribution in [1.82, 2.24) is 25.5 Å². The quantitative estimate of drug-likeness (QED) is 0.753. The molecule has 1 amide bonds. The molecule has 2 N–H and O–H groups in total. The second-order valence-corrected chi connectivity index (χ2v) is 6.23. The number of carboxylic acids is 1. The number of hydrogen-bond acceptors (Lipinski definition) is 5. The number of amides is 1. The van der Waals surface area contributed by atoms with Gasteiger partial charge in [0.2, 0.25) is 0 Å². The summed E-state index contributed by atoms with van der Waals surface area (Å²) in [5, 5.41) is 23.4. The number of benzene rings is 1. The van der Waals surface area contributed by atoms with Crippen LogP contribution in [0.4, 0.5) is 0 Å². The van der Waals surface area contributed by atoms with Gasteiger partial charge in [0.1, 0.15) is 0 Å². The zero-order valence-corrected chi connectivity index (χ0v) is 14.6. The summed E-state index contributed by atoms with van der Waals surface area (Å²) in [5.41, 5.74) is 1.52. The van der Waals surface area contributed by atoms with Gasteiger partial charge in [-0.05, 0) is 41.0 Å². The van der Waals surface area contributed by atoms with E-state index in [0.717, 1.165) is 12.0 Å². The predicted molar refractivity (Wildman–Crippen MR) is 91.1 cm³/mol. The molecular weight excluding hydrogens is 322 g/mol. The van der Waals surface area contributed by atoms with Crippen LogP contribution in [0.25, 0.3) is 0 Å². The van der Waals surface area contributed by atoms with E-state index in [1.54, 1.807) is 26.2 Å². The first kappa shape index (κ1) is 18.6. The number of aliphatic carboxylic acids is 1. The Kier molecular flexibility index (Phi) is 6.21. The van der Waals surface area contributed by atoms with Gasteiger partial charge in [-0.1, -0.05) is 25.5 Å². The predicted octanol–water partition coefficient (Wildman–Crippen LogP) is 1.73. The number of aromatic amines is 1. The fraction of sp³-hybridized carbons (Fsp3) is 0.471. The molecule has 0 saturated carbocycles. The van der Waals surface area contributed by atoms with Crippen LogP contribution in [-0.4, -0.2) is 56.6 Å². The van der Waals surface area contributed by atoms with Crippen LogP contribution in [0.2, 0.25) is 0 Å². The highest BCUT2D eigenvalue weighted by Crippen LogP contribution is 2.29. The first-order chi connectivity index (χ1) is 11.9. The average molecular weight is 345 g/mol. The Bertz CT molecular complexity index is 698. The van der Waals surface area contributed by atoms with Crippen LogP contribution in [0.15, 0.2) is 24.3 Å². The minimum atomic E-state index is -0.859. The van der Waals surface area contributed by atoms with Crippen LogP contribution < -0.4 is 0 Å². The van der Waals surface area contributed by atoms with Crippen molar-refractivity contribution < 1.29 is 14.7 Å². The lowest BCUT2D eigenvalue weighted by atomic mass is 9.83. The van der Waals surface area contributed by atoms with E-state index >= 15 is 0 Å². The lowest BCUT2D eigenvalue weighted by Crippen LogP contribution is -2.25. The van der Waals surface area contributed by atoms with Crippen LogP contribution in [0.3, 0.4) is 0 Å². The number of tetrazole rings is 1. The van der Waals surface area contributed by atoms with E-state index in [9.17, 15) is 14.7 Å². The molecule has 0 spiro atoms. The van der Waals surface area contributed by atoms with Gasteiger partial charge in [-0.2, -0.15) is 0 Å². The first-order valence-electron chi connectivity index (χ1n) is 8.21. The van der Waals surface area contributed by atoms with Gasteiger partial charge in [0.25, 0.3) is 5.91 Å². The van der Waals surface area contributed by atoms with Crippen molar-refractivity contribution in [3.8, 4) is 0 Å². The fourth-order valence-corrected chi connectivity index (χ4v) is 2.86. The standard InChI is InChI=1S/C17H23N5O3/c1-4-5-13(17(24)25)14(15-18-20-21-19-15)10-11-6-8-12(9-7-11)16(23)22(2)3/h6-9,13-14H,4-5,10H2,1-3H3,(H,24,25)(H,18,19,20,21)/t13-,14-/m0/s1. The summed E-state index contributed by atoms with van der Waals surface area (Å²) in [6.07, 6.45) is 1.77. The molecule has 1 aromatic carbocycles. The molecule has 0 unspecified atom stereocenters. The number of nitrogens with zero attached hydrogens (tertiary/aromatic N) is 4. The minimum Gasteiger partial charge on any atom is -0.481 e. The average Bonchev–Trinajstić information content (AvgIpc) is 3.12. The van der Waals surface area contributed by atoms with Crippen molar-refractivity contribution in [2.75, 3.05) is 14.1 Å². The molecule has 8 heteroatoms. The van der Waals surface area contributed by atoms with E-state index in [1.807, 2.05) is 19.1 Å². The van der Waals surface area contributed by atoms with Crippen molar-refractivity contribution in [3.63, 3.8) is 0 Å². The second kappa shape index (κ2) is 8.36. The third-order valence-electron chi connectivity index (χ3n) is 4.18. The largest absolute Gasteiger partial charge is 0.481 e. The summed E-state index contributed by atoms with van der Waals surface area (Å²) >= 11 is 0. The van der Waals surface area contributed by atoms with Crippen LogP contribution in [0.5, 0.6) is 0 Å². The van der Waals surface area contributed by atoms with Crippen molar-refractivity contribution in [2.24, 2.45) is 5.92 Å². The highest BCUT2D eigenvalue weighted by Gasteiger charge is 2.31. The molecule has 0 radical (unpaired) electrons. The Labute approximate surface area is 146 Å². The lowest BCUT2D eigenvalue weighted by molar-refractivity contribution is -0.142. The van der Waals surface area contributed by atoms with Crippen LogP contribution >= 0.6 is 0 Å². The minimum absolute atomic E-state index is 0.0723. The highest BCUT2D eigenvalue weighted by molar-refractivity contribution is 5.93. The summed E-state index contributed by atoms with van der Waals surface area (Å²) in [4.78, 5) is 25.2. The molecule has 25 heavy (non-hydrogen) atoms. The maximum Gasteiger partial charge on any atom is 0.307 e. The van der Waals surface area contributed by atoms with Crippen molar-refractivity contribution in [1.29, 1.82) is 0 Å². The summed E-state index contributed by atoms with van der Waals surface area (Å²) in [7, 11) is 3.40. The first-order valence-corrected chi connectivity index (χ1v) is 8.21. The zero-order chi connectivity index (χ0) is 18.4. The third-order valence-corrected chi connectivity index (χ3v) is 4.18. The Morgan fingerprint density at radius 1 is 1.24 bits per heavy atom. The van der Waals surface area contributed by atoms with Crippen LogP contribution in [-0.2, 0) is 11.2 Å². The molecule has 0 fully saturated rings. The Morgan fingerprint density at radius 2 is 1.92 bits per heavy atom. The lowest BCUT2D eigenvalue weighted by Gasteiger charge is -2.21. The molecule has 2 aromatic rings. The maximum absolute atomic E-state index is 12.0. The highest BCUT2D eigenvalue weighted by atomic mass is 16.4. The molecule has 0 aliphatic heterocycles. The normalized spacial score (nSPS) is 13.2. The number of carboxylic acid groups (broad SMARTS) is 1. The monoisotopic (exact) mass is 345 g/mol. The van der Waals surface area contributed by atoms with Gasteiger partial charge >= 0.3 is 5.97 Å². The Hall–Kier alpha value is -2.77. The summed E-state index contributed by atoms with van der Waals surface area (Å²) in [6, 6.07) is 7.20. The van der Waals surface area contributed by atoms with E-state index in [-0.39, 0.29) is 11.8 Å². The molecular formula is C17H23N5O3. The number of carbonyl (C=O) groups is 2. The number of aromatic nitrogens is 4. The molecule has 0 aliphatic rings. The molecule has 134 valence electrons. The third kappa shape index (κ3) is 4.62. The molecule has 0 aliphatic carbocycles. The van der Waals surface area contributed by atoms with Gasteiger partial charge in [0.15, 0.2) is 5.82 Å². The van der Waals surface area contributed by atoms with E-state index in [0.29, 0.717) is 24.2 Å². The van der Waals surface area contributed by atoms with E-state index in [1.165, 1.54) is 4.90 Å². The number of nitrogens with one attached hydrogen (secondary N) is 1. The topological polar surface area (TPSA) is 112 Å². The summed E-state index contributed by atoms with van der Waals surface area (Å²) in [5.74, 6) is -1.40. The smallest absolute Gasteiger partial charge is 0.307 e. The zero-order valence-electron chi connectivity index (χ0n) is 14.6. The van der Waals surface area contributed by atoms with Gasteiger partial charge in [0, 0.05) is 25.6 Å². The van der Waals surface area contributed by atoms with Gasteiger partial charge in [-0.25, -0.2) is 5.10 Å². The molecule has 1 aromatic heterocycles. The van der Waals surface area contributed by atoms with Gasteiger partial charge in [0.05, 0.1) is 5.92 Å². The van der Waals surface area contributed by atoms with Crippen molar-refractivity contribution in [3.05, 3.63) is 41.2 Å². The Balaban J connectivity index is 2.25. The second-order valence-electron chi connectivity index (χ2n) is 6.23. The SMILES string of the molecule is CCC[C@H](C(=O)O)[C@H](Cc1ccc(C(=O)N(C)C)cc1)c1nnn[nH]1. The fourth-order valence-electron chi connectivity index (χ4n) is 2.86. The van der Waals surface area contributed by atoms with Gasteiger partial charge in [-0.3, -0.25) is 9.59 Å². The molecule has 1 heterocycles. The van der Waals surface area contributed by atoms with Gasteiger partial charge in [-0.15, -0.1) is 5.10 Å². The summed E-state index contributed by atoms with van der Waals surface area (Å²) in [6.45, 7) is 1.95. The van der Waals surface area contributed by atoms with E-state index in [4.69, 9.17) is 0 Å². The molecule has 8 nitrogen and oxygen atoms in total. The molecule has 0 bridgehead atoms. The van der Waals surface area contributed by atoms with Crippen LogP contribution in [0, 0.1) is 5.92 Å². The molecule has 0 saturated heterocycles. The Morgan fingerprint density at radius 3 is 2.40 bits per heavy atom. The number of H-pyrrole nitrogens is 1. The number of rotatable bonds is 8. The van der Waals surface area contributed by atoms with Crippen molar-refractivity contribution >= 4 is 11.9 Å². The van der Waals surface area contributed by atoms with Crippen molar-refractivity contribution in [2.45, 2.75) is 32.1 Å². The number of hydrogen-bond donors (Lipinski definition) is 2. The van der Waals surface area contributed by atoms with E-state index < -0.39 is 11.9 Å². The summed E-state index contributed by atoms with van der Waals surface area (Å²) < 4.78 is 0. The molecule has 2 atom stereocenters. The van der Waals surface area contributed by atoms with E-state index in [2.05, 4.69) is 20.6 Å². The molecule has 2 rings (SSSR count). The maximum atomic E-state index is 12.0. The number of carbonyl (C=O) groups excluding carboxylic acids is 1. The van der Waals surface area contributed by atoms with Gasteiger partial charge < -0.3 is 10.0 Å². The van der Waals surface area contributed by atoms with Crippen LogP contribution in [0.1, 0.15) is 47.4 Å².